The summed E-state index contributed by atoms with van der Waals surface area (Å²) in [5, 5.41) is 7.55. The number of aryl methyl sites for hydroxylation is 1. The molecule has 0 saturated carbocycles. The molecule has 5 heteroatoms. The van der Waals surface area contributed by atoms with Crippen molar-refractivity contribution in [1.82, 2.24) is 10.2 Å². The van der Waals surface area contributed by atoms with Crippen molar-refractivity contribution in [1.29, 1.82) is 0 Å². The highest BCUT2D eigenvalue weighted by Crippen LogP contribution is 2.02. The summed E-state index contributed by atoms with van der Waals surface area (Å²) in [7, 11) is 0. The summed E-state index contributed by atoms with van der Waals surface area (Å²) in [6, 6.07) is 0. The van der Waals surface area contributed by atoms with Crippen LogP contribution in [-0.2, 0) is 17.8 Å². The summed E-state index contributed by atoms with van der Waals surface area (Å²) in [6.45, 7) is 2.94. The Morgan fingerprint density at radius 1 is 1.42 bits per heavy atom. The van der Waals surface area contributed by atoms with E-state index in [4.69, 9.17) is 20.8 Å². The quantitative estimate of drug-likeness (QED) is 0.659. The zero-order chi connectivity index (χ0) is 8.81. The molecular formula is C7H11ClN2O2. The van der Waals surface area contributed by atoms with Gasteiger partial charge in [-0.3, -0.25) is 0 Å². The van der Waals surface area contributed by atoms with Gasteiger partial charge in [0, 0.05) is 18.9 Å². The first kappa shape index (κ1) is 9.48. The Bertz CT molecular complexity index is 227. The maximum Gasteiger partial charge on any atom is 0.242 e. The first-order valence-corrected chi connectivity index (χ1v) is 4.35. The van der Waals surface area contributed by atoms with Gasteiger partial charge in [0.25, 0.3) is 0 Å². The van der Waals surface area contributed by atoms with E-state index in [9.17, 15) is 0 Å². The molecule has 4 nitrogen and oxygen atoms in total. The van der Waals surface area contributed by atoms with E-state index < -0.39 is 0 Å². The number of halogens is 1. The minimum absolute atomic E-state index is 0.381. The van der Waals surface area contributed by atoms with Crippen LogP contribution in [0.1, 0.15) is 18.7 Å². The molecule has 0 aliphatic heterocycles. The average molecular weight is 191 g/mol. The summed E-state index contributed by atoms with van der Waals surface area (Å²) in [6.07, 6.45) is 0.612. The van der Waals surface area contributed by atoms with Crippen LogP contribution in [-0.4, -0.2) is 22.7 Å². The van der Waals surface area contributed by atoms with E-state index in [1.54, 1.807) is 0 Å². The van der Waals surface area contributed by atoms with Gasteiger partial charge in [-0.15, -0.1) is 21.8 Å². The SMILES string of the molecule is CCOCc1nnc(CCCl)o1. The van der Waals surface area contributed by atoms with Gasteiger partial charge < -0.3 is 9.15 Å². The van der Waals surface area contributed by atoms with Crippen LogP contribution in [0.2, 0.25) is 0 Å². The third-order valence-corrected chi connectivity index (χ3v) is 1.44. The summed E-state index contributed by atoms with van der Waals surface area (Å²) in [4.78, 5) is 0. The summed E-state index contributed by atoms with van der Waals surface area (Å²) < 4.78 is 10.3. The number of nitrogens with zero attached hydrogens (tertiary/aromatic N) is 2. The number of alkyl halides is 1. The molecule has 0 bridgehead atoms. The second-order valence-electron chi connectivity index (χ2n) is 2.17. The maximum absolute atomic E-state index is 5.49. The van der Waals surface area contributed by atoms with Gasteiger partial charge in [0.05, 0.1) is 0 Å². The van der Waals surface area contributed by atoms with Crippen LogP contribution in [0.15, 0.2) is 4.42 Å². The van der Waals surface area contributed by atoms with E-state index in [0.29, 0.717) is 37.3 Å². The molecule has 0 spiro atoms. The molecule has 0 atom stereocenters. The Morgan fingerprint density at radius 3 is 2.83 bits per heavy atom. The number of rotatable bonds is 5. The lowest BCUT2D eigenvalue weighted by Crippen LogP contribution is -1.91. The fourth-order valence-electron chi connectivity index (χ4n) is 0.718. The molecule has 0 fully saturated rings. The van der Waals surface area contributed by atoms with E-state index >= 15 is 0 Å². The molecule has 1 rings (SSSR count). The largest absolute Gasteiger partial charge is 0.423 e. The monoisotopic (exact) mass is 190 g/mol. The molecule has 0 aliphatic rings. The predicted octanol–water partition coefficient (Wildman–Crippen LogP) is 1.39. The van der Waals surface area contributed by atoms with Crippen molar-refractivity contribution in [3.05, 3.63) is 11.8 Å². The second-order valence-corrected chi connectivity index (χ2v) is 2.54. The Kier molecular flexibility index (Phi) is 4.04. The van der Waals surface area contributed by atoms with E-state index in [2.05, 4.69) is 10.2 Å². The highest BCUT2D eigenvalue weighted by atomic mass is 35.5. The van der Waals surface area contributed by atoms with Gasteiger partial charge in [-0.05, 0) is 6.92 Å². The zero-order valence-corrected chi connectivity index (χ0v) is 7.67. The maximum atomic E-state index is 5.49. The van der Waals surface area contributed by atoms with Crippen LogP contribution in [0.4, 0.5) is 0 Å². The van der Waals surface area contributed by atoms with Gasteiger partial charge in [-0.2, -0.15) is 0 Å². The Balaban J connectivity index is 2.41. The molecule has 68 valence electrons. The van der Waals surface area contributed by atoms with Crippen LogP contribution >= 0.6 is 11.6 Å². The van der Waals surface area contributed by atoms with Gasteiger partial charge in [-0.25, -0.2) is 0 Å². The van der Waals surface area contributed by atoms with Gasteiger partial charge in [-0.1, -0.05) is 0 Å². The van der Waals surface area contributed by atoms with Gasteiger partial charge in [0.2, 0.25) is 11.8 Å². The Morgan fingerprint density at radius 2 is 2.17 bits per heavy atom. The number of hydrogen-bond acceptors (Lipinski definition) is 4. The lowest BCUT2D eigenvalue weighted by atomic mass is 10.5. The standard InChI is InChI=1S/C7H11ClN2O2/c1-2-11-5-7-10-9-6(12-7)3-4-8/h2-5H2,1H3. The van der Waals surface area contributed by atoms with Crippen LogP contribution < -0.4 is 0 Å². The first-order chi connectivity index (χ1) is 5.86. The molecule has 0 radical (unpaired) electrons. The normalized spacial score (nSPS) is 10.5. The molecule has 1 heterocycles. The minimum Gasteiger partial charge on any atom is -0.423 e. The molecule has 0 amide bonds. The van der Waals surface area contributed by atoms with Crippen LogP contribution in [0, 0.1) is 0 Å². The van der Waals surface area contributed by atoms with Crippen LogP contribution in [0.3, 0.4) is 0 Å². The third kappa shape index (κ3) is 2.79. The predicted molar refractivity (Wildman–Crippen MR) is 44.1 cm³/mol. The fraction of sp³-hybridized carbons (Fsp3) is 0.714. The molecule has 0 unspecified atom stereocenters. The number of hydrogen-bond donors (Lipinski definition) is 0. The van der Waals surface area contributed by atoms with Crippen LogP contribution in [0.25, 0.3) is 0 Å². The van der Waals surface area contributed by atoms with Crippen molar-refractivity contribution in [2.24, 2.45) is 0 Å². The molecule has 1 aromatic rings. The van der Waals surface area contributed by atoms with E-state index in [1.165, 1.54) is 0 Å². The summed E-state index contributed by atoms with van der Waals surface area (Å²) >= 11 is 5.49. The van der Waals surface area contributed by atoms with E-state index in [1.807, 2.05) is 6.92 Å². The molecule has 12 heavy (non-hydrogen) atoms. The lowest BCUT2D eigenvalue weighted by molar-refractivity contribution is 0.113. The topological polar surface area (TPSA) is 48.2 Å². The van der Waals surface area contributed by atoms with Crippen molar-refractivity contribution < 1.29 is 9.15 Å². The molecular weight excluding hydrogens is 180 g/mol. The highest BCUT2D eigenvalue weighted by molar-refractivity contribution is 6.17. The highest BCUT2D eigenvalue weighted by Gasteiger charge is 2.04. The zero-order valence-electron chi connectivity index (χ0n) is 6.92. The van der Waals surface area contributed by atoms with Gasteiger partial charge in [0.1, 0.15) is 6.61 Å². The van der Waals surface area contributed by atoms with E-state index in [0.717, 1.165) is 0 Å². The molecule has 0 saturated heterocycles. The van der Waals surface area contributed by atoms with Crippen molar-refractivity contribution in [2.45, 2.75) is 20.0 Å². The minimum atomic E-state index is 0.381. The van der Waals surface area contributed by atoms with Crippen molar-refractivity contribution in [3.63, 3.8) is 0 Å². The molecule has 0 aromatic carbocycles. The van der Waals surface area contributed by atoms with Crippen molar-refractivity contribution >= 4 is 11.6 Å². The molecule has 0 N–H and O–H groups in total. The first-order valence-electron chi connectivity index (χ1n) is 3.81. The third-order valence-electron chi connectivity index (χ3n) is 1.25. The van der Waals surface area contributed by atoms with Crippen LogP contribution in [0.5, 0.6) is 0 Å². The Hall–Kier alpha value is -0.610. The van der Waals surface area contributed by atoms with Gasteiger partial charge in [0.15, 0.2) is 0 Å². The second kappa shape index (κ2) is 5.11. The van der Waals surface area contributed by atoms with Gasteiger partial charge >= 0.3 is 0 Å². The van der Waals surface area contributed by atoms with E-state index in [-0.39, 0.29) is 0 Å². The molecule has 1 aromatic heterocycles. The average Bonchev–Trinajstić information content (AvgIpc) is 2.50. The summed E-state index contributed by atoms with van der Waals surface area (Å²) in [5.41, 5.74) is 0. The van der Waals surface area contributed by atoms with Crippen molar-refractivity contribution in [3.8, 4) is 0 Å². The molecule has 0 aliphatic carbocycles. The number of aromatic nitrogens is 2. The fourth-order valence-corrected chi connectivity index (χ4v) is 0.880. The lowest BCUT2D eigenvalue weighted by Gasteiger charge is -1.92. The Labute approximate surface area is 75.9 Å². The van der Waals surface area contributed by atoms with Crippen molar-refractivity contribution in [2.75, 3.05) is 12.5 Å². The smallest absolute Gasteiger partial charge is 0.242 e. The number of ether oxygens (including phenoxy) is 1. The summed E-state index contributed by atoms with van der Waals surface area (Å²) in [5.74, 6) is 1.58.